The van der Waals surface area contributed by atoms with Gasteiger partial charge in [0.2, 0.25) is 0 Å². The van der Waals surface area contributed by atoms with Gasteiger partial charge in [-0.1, -0.05) is 0 Å². The second-order valence-electron chi connectivity index (χ2n) is 1.14. The topological polar surface area (TPSA) is 32.8 Å². The molecule has 1 rings (SSSR count). The number of hydrogen-bond acceptors (Lipinski definition) is 2. The van der Waals surface area contributed by atoms with E-state index in [1.54, 1.807) is 0 Å². The molecule has 1 N–H and O–H groups in total. The maximum atomic E-state index is 8.08. The zero-order valence-electron chi connectivity index (χ0n) is 3.35. The van der Waals surface area contributed by atoms with E-state index < -0.39 is 0 Å². The number of epoxide rings is 1. The van der Waals surface area contributed by atoms with Crippen LogP contribution >= 0.6 is 0 Å². The molecule has 0 aromatic heterocycles. The molecule has 2 nitrogen and oxygen atoms in total. The van der Waals surface area contributed by atoms with E-state index in [1.165, 1.54) is 0 Å². The third kappa shape index (κ3) is 2.07. The van der Waals surface area contributed by atoms with Crippen LogP contribution < -0.4 is 0 Å². The predicted molar refractivity (Wildman–Crippen MR) is 25.4 cm³/mol. The first-order valence-electron chi connectivity index (χ1n) is 1.66. The van der Waals surface area contributed by atoms with Crippen molar-refractivity contribution in [2.75, 3.05) is 13.2 Å². The van der Waals surface area contributed by atoms with Crippen molar-refractivity contribution in [2.45, 2.75) is 6.10 Å². The Hall–Kier alpha value is 0.816. The summed E-state index contributed by atoms with van der Waals surface area (Å²) in [4.78, 5) is 0. The van der Waals surface area contributed by atoms with Crippen molar-refractivity contribution in [3.8, 4) is 0 Å². The van der Waals surface area contributed by atoms with Gasteiger partial charge in [0, 0.05) is 0 Å². The first-order chi connectivity index (χ1) is 2.43. The van der Waals surface area contributed by atoms with Crippen LogP contribution in [0.4, 0.5) is 0 Å². The Labute approximate surface area is 56.0 Å². The van der Waals surface area contributed by atoms with Gasteiger partial charge in [0.05, 0.1) is 13.2 Å². The summed E-state index contributed by atoms with van der Waals surface area (Å²) in [6.07, 6.45) is 0.190. The van der Waals surface area contributed by atoms with Gasteiger partial charge in [0.15, 0.2) is 0 Å². The Bertz CT molecular complexity index is 35.8. The summed E-state index contributed by atoms with van der Waals surface area (Å²) in [7, 11) is 0. The first-order valence-corrected chi connectivity index (χ1v) is 1.66. The van der Waals surface area contributed by atoms with Gasteiger partial charge in [-0.05, 0) is 0 Å². The molecule has 0 aromatic rings. The van der Waals surface area contributed by atoms with E-state index in [9.17, 15) is 0 Å². The summed E-state index contributed by atoms with van der Waals surface area (Å²) in [6, 6.07) is 0. The van der Waals surface area contributed by atoms with Crippen molar-refractivity contribution in [2.24, 2.45) is 0 Å². The third-order valence-corrected chi connectivity index (χ3v) is 0.606. The van der Waals surface area contributed by atoms with Gasteiger partial charge in [-0.3, -0.25) is 0 Å². The van der Waals surface area contributed by atoms with Crippen LogP contribution in [-0.2, 0) is 4.74 Å². The number of aliphatic hydroxyl groups excluding tert-OH is 1. The summed E-state index contributed by atoms with van der Waals surface area (Å²) < 4.78 is 4.61. The fourth-order valence-electron chi connectivity index (χ4n) is 0.173. The van der Waals surface area contributed by atoms with Gasteiger partial charge in [-0.25, -0.2) is 0 Å². The van der Waals surface area contributed by atoms with Gasteiger partial charge in [0.25, 0.3) is 0 Å². The molecule has 1 aliphatic heterocycles. The van der Waals surface area contributed by atoms with Crippen LogP contribution in [0.2, 0.25) is 0 Å². The summed E-state index contributed by atoms with van der Waals surface area (Å²) in [5.41, 5.74) is 0. The molecule has 0 aromatic carbocycles. The van der Waals surface area contributed by atoms with Gasteiger partial charge in [-0.2, -0.15) is 0 Å². The predicted octanol–water partition coefficient (Wildman–Crippen LogP) is -1.54. The SMILES string of the molecule is OCC1CO1.[PoH2]. The summed E-state index contributed by atoms with van der Waals surface area (Å²) in [5, 5.41) is 8.08. The molecule has 0 aliphatic carbocycles. The van der Waals surface area contributed by atoms with Crippen LogP contribution in [0.15, 0.2) is 0 Å². The van der Waals surface area contributed by atoms with E-state index in [0.717, 1.165) is 6.61 Å². The summed E-state index contributed by atoms with van der Waals surface area (Å²) in [5.74, 6) is 0. The van der Waals surface area contributed by atoms with E-state index in [4.69, 9.17) is 5.11 Å². The normalized spacial score (nSPS) is 28.5. The third-order valence-electron chi connectivity index (χ3n) is 0.606. The Morgan fingerprint density at radius 3 is 2.33 bits per heavy atom. The van der Waals surface area contributed by atoms with Gasteiger partial charge in [0.1, 0.15) is 6.10 Å². The Morgan fingerprint density at radius 1 is 1.83 bits per heavy atom. The molecule has 1 atom stereocenters. The number of hydrogen-bond donors (Lipinski definition) is 1. The molecule has 38 valence electrons. The molecule has 0 amide bonds. The Morgan fingerprint density at radius 2 is 2.33 bits per heavy atom. The van der Waals surface area contributed by atoms with E-state index in [-0.39, 0.29) is 39.3 Å². The standard InChI is InChI=1S/C3H6O2.Po.2H/c4-1-3-2-5-3;;;/h3-4H,1-2H2;;;. The second kappa shape index (κ2) is 2.90. The van der Waals surface area contributed by atoms with Crippen LogP contribution in [0, 0.1) is 0 Å². The zero-order valence-corrected chi connectivity index (χ0v) is 7.23. The van der Waals surface area contributed by atoms with E-state index in [0.29, 0.717) is 0 Å². The molecule has 0 radical (unpaired) electrons. The van der Waals surface area contributed by atoms with Gasteiger partial charge < -0.3 is 9.84 Å². The zero-order chi connectivity index (χ0) is 3.70. The van der Waals surface area contributed by atoms with Crippen LogP contribution in [0.1, 0.15) is 0 Å². The minimum atomic E-state index is 0. The molecule has 1 aliphatic rings. The van der Waals surface area contributed by atoms with E-state index in [1.807, 2.05) is 0 Å². The van der Waals surface area contributed by atoms with Crippen molar-refractivity contribution in [3.63, 3.8) is 0 Å². The average molecular weight is 285 g/mol. The molecule has 0 saturated carbocycles. The Kier molecular flexibility index (Phi) is 3.30. The molecule has 1 fully saturated rings. The number of ether oxygens (including phenoxy) is 1. The molecule has 1 saturated heterocycles. The van der Waals surface area contributed by atoms with Crippen molar-refractivity contribution >= 4 is 26.6 Å². The minimum absolute atomic E-state index is 0. The van der Waals surface area contributed by atoms with Crippen molar-refractivity contribution < 1.29 is 9.84 Å². The van der Waals surface area contributed by atoms with Gasteiger partial charge in [-0.15, -0.1) is 0 Å². The molecular weight excluding hydrogens is 277 g/mol. The monoisotopic (exact) mass is 285 g/mol. The summed E-state index contributed by atoms with van der Waals surface area (Å²) in [6.45, 7) is 0.955. The van der Waals surface area contributed by atoms with Crippen molar-refractivity contribution in [1.82, 2.24) is 0 Å². The molecule has 1 heterocycles. The van der Waals surface area contributed by atoms with Crippen molar-refractivity contribution in [3.05, 3.63) is 0 Å². The molecular formula is C3H8O2Po. The van der Waals surface area contributed by atoms with Crippen LogP contribution in [-0.4, -0.2) is 51.0 Å². The molecule has 1 unspecified atom stereocenters. The average Bonchev–Trinajstić information content (AvgIpc) is 2.12. The molecule has 3 heteroatoms. The fraction of sp³-hybridized carbons (Fsp3) is 1.00. The Balaban J connectivity index is 0.000000250. The molecule has 6 heavy (non-hydrogen) atoms. The maximum absolute atomic E-state index is 8.08. The molecule has 0 spiro atoms. The van der Waals surface area contributed by atoms with E-state index >= 15 is 0 Å². The molecule has 0 bridgehead atoms. The fourth-order valence-corrected chi connectivity index (χ4v) is 0.173. The summed E-state index contributed by atoms with van der Waals surface area (Å²) >= 11 is 0. The van der Waals surface area contributed by atoms with Crippen LogP contribution in [0.5, 0.6) is 0 Å². The second-order valence-corrected chi connectivity index (χ2v) is 1.14. The van der Waals surface area contributed by atoms with Crippen molar-refractivity contribution in [1.29, 1.82) is 0 Å². The van der Waals surface area contributed by atoms with E-state index in [2.05, 4.69) is 4.74 Å². The van der Waals surface area contributed by atoms with Crippen LogP contribution in [0.3, 0.4) is 0 Å². The van der Waals surface area contributed by atoms with Gasteiger partial charge >= 0.3 is 26.6 Å². The quantitative estimate of drug-likeness (QED) is 0.592. The van der Waals surface area contributed by atoms with Crippen LogP contribution in [0.25, 0.3) is 0 Å². The number of aliphatic hydroxyl groups is 1. The first kappa shape index (κ1) is 6.82. The number of rotatable bonds is 1.